The number of benzene rings is 1. The van der Waals surface area contributed by atoms with Gasteiger partial charge in [0.2, 0.25) is 0 Å². The van der Waals surface area contributed by atoms with Crippen LogP contribution >= 0.6 is 0 Å². The topological polar surface area (TPSA) is 66.4 Å². The van der Waals surface area contributed by atoms with Crippen molar-refractivity contribution in [1.29, 1.82) is 0 Å². The van der Waals surface area contributed by atoms with Crippen LogP contribution in [-0.2, 0) is 23.0 Å². The summed E-state index contributed by atoms with van der Waals surface area (Å²) in [7, 11) is -4.37. The first-order valence-corrected chi connectivity index (χ1v) is 13.0. The monoisotopic (exact) mass is 448 g/mol. The van der Waals surface area contributed by atoms with Gasteiger partial charge in [-0.1, -0.05) is 77.3 Å². The molecule has 0 fully saturated rings. The Morgan fingerprint density at radius 2 is 1.40 bits per heavy atom. The summed E-state index contributed by atoms with van der Waals surface area (Å²) >= 11 is 0. The summed E-state index contributed by atoms with van der Waals surface area (Å²) in [6.45, 7) is 7.53. The molecule has 1 rings (SSSR count). The number of hydrogen-bond donors (Lipinski definition) is 0. The molecule has 6 heteroatoms. The molecule has 168 valence electrons. The molecule has 0 amide bonds. The van der Waals surface area contributed by atoms with Gasteiger partial charge in [0.15, 0.2) is 0 Å². The molecule has 1 aromatic carbocycles. The van der Waals surface area contributed by atoms with E-state index in [4.69, 9.17) is 4.74 Å². The summed E-state index contributed by atoms with van der Waals surface area (Å²) < 4.78 is 40.2. The van der Waals surface area contributed by atoms with Gasteiger partial charge in [0, 0.05) is 0 Å². The summed E-state index contributed by atoms with van der Waals surface area (Å²) in [5.41, 5.74) is 2.50. The minimum atomic E-state index is -4.37. The van der Waals surface area contributed by atoms with Gasteiger partial charge in [-0.05, 0) is 56.7 Å². The molecule has 0 N–H and O–H groups in total. The number of aryl methyl sites for hydroxylation is 1. The first-order valence-electron chi connectivity index (χ1n) is 11.5. The predicted molar refractivity (Wildman–Crippen MR) is 121 cm³/mol. The fraction of sp³-hybridized carbons (Fsp3) is 0.750. The Balaban J connectivity index is 0.00000841. The van der Waals surface area contributed by atoms with Gasteiger partial charge in [0.1, 0.15) is 22.0 Å². The van der Waals surface area contributed by atoms with E-state index in [-0.39, 0.29) is 29.6 Å². The smallest absolute Gasteiger partial charge is 0.748 e. The summed E-state index contributed by atoms with van der Waals surface area (Å²) in [6, 6.07) is 6.08. The van der Waals surface area contributed by atoms with Crippen molar-refractivity contribution >= 4 is 10.1 Å². The Morgan fingerprint density at radius 1 is 0.867 bits per heavy atom. The van der Waals surface area contributed by atoms with Crippen LogP contribution in [0.5, 0.6) is 5.75 Å². The third-order valence-corrected chi connectivity index (χ3v) is 7.03. The molecular weight excluding hydrogens is 407 g/mol. The maximum absolute atomic E-state index is 11.4. The molecule has 0 bridgehead atoms. The van der Waals surface area contributed by atoms with Crippen molar-refractivity contribution in [3.05, 3.63) is 29.3 Å². The number of hydrogen-bond acceptors (Lipinski definition) is 4. The van der Waals surface area contributed by atoms with Crippen LogP contribution < -0.4 is 34.3 Å². The van der Waals surface area contributed by atoms with E-state index in [9.17, 15) is 13.0 Å². The zero-order valence-corrected chi connectivity index (χ0v) is 22.7. The maximum Gasteiger partial charge on any atom is 1.00 e. The quantitative estimate of drug-likeness (QED) is 0.221. The predicted octanol–water partition coefficient (Wildman–Crippen LogP) is 3.42. The van der Waals surface area contributed by atoms with E-state index >= 15 is 0 Å². The van der Waals surface area contributed by atoms with Gasteiger partial charge in [-0.2, -0.15) is 0 Å². The Labute approximate surface area is 207 Å². The van der Waals surface area contributed by atoms with Crippen LogP contribution in [0.25, 0.3) is 0 Å². The van der Waals surface area contributed by atoms with Gasteiger partial charge in [-0.3, -0.25) is 0 Å². The van der Waals surface area contributed by atoms with Gasteiger partial charge < -0.3 is 9.29 Å². The second-order valence-corrected chi connectivity index (χ2v) is 9.97. The SMILES string of the molecule is CCCCCCCc1cccc(OC(C)C(C)S(=O)(=O)[O-])c1CCCCCCC.[Na+]. The normalized spacial score (nSPS) is 13.5. The Bertz CT molecular complexity index is 676. The fourth-order valence-corrected chi connectivity index (χ4v) is 4.12. The van der Waals surface area contributed by atoms with Crippen LogP contribution in [0.3, 0.4) is 0 Å². The zero-order valence-electron chi connectivity index (χ0n) is 19.9. The third kappa shape index (κ3) is 11.5. The maximum atomic E-state index is 11.4. The molecule has 0 aliphatic carbocycles. The number of unbranched alkanes of at least 4 members (excludes halogenated alkanes) is 8. The molecule has 0 saturated carbocycles. The largest absolute Gasteiger partial charge is 1.00 e. The Hall–Kier alpha value is -0.0700. The van der Waals surface area contributed by atoms with E-state index in [0.717, 1.165) is 31.4 Å². The zero-order chi connectivity index (χ0) is 21.7. The Morgan fingerprint density at radius 3 is 1.93 bits per heavy atom. The van der Waals surface area contributed by atoms with Gasteiger partial charge in [0.25, 0.3) is 0 Å². The minimum absolute atomic E-state index is 0. The molecular formula is C24H41NaO4S. The van der Waals surface area contributed by atoms with Gasteiger partial charge in [-0.15, -0.1) is 0 Å². The van der Waals surface area contributed by atoms with Crippen LogP contribution in [0.4, 0.5) is 0 Å². The van der Waals surface area contributed by atoms with Crippen molar-refractivity contribution in [3.8, 4) is 5.75 Å². The first-order chi connectivity index (χ1) is 13.8. The van der Waals surface area contributed by atoms with Crippen molar-refractivity contribution in [1.82, 2.24) is 0 Å². The minimum Gasteiger partial charge on any atom is -0.748 e. The van der Waals surface area contributed by atoms with Gasteiger partial charge in [-0.25, -0.2) is 8.42 Å². The first kappa shape index (κ1) is 29.9. The molecule has 0 aromatic heterocycles. The summed E-state index contributed by atoms with van der Waals surface area (Å²) in [4.78, 5) is 0. The number of rotatable bonds is 16. The molecule has 0 aliphatic heterocycles. The number of ether oxygens (including phenoxy) is 1. The van der Waals surface area contributed by atoms with E-state index < -0.39 is 21.5 Å². The van der Waals surface area contributed by atoms with E-state index in [1.54, 1.807) is 6.92 Å². The molecule has 0 heterocycles. The van der Waals surface area contributed by atoms with Crippen LogP contribution in [0.1, 0.15) is 103 Å². The van der Waals surface area contributed by atoms with Crippen molar-refractivity contribution in [3.63, 3.8) is 0 Å². The summed E-state index contributed by atoms with van der Waals surface area (Å²) in [5.74, 6) is 0.745. The molecule has 4 nitrogen and oxygen atoms in total. The second-order valence-electron chi connectivity index (χ2n) is 8.24. The van der Waals surface area contributed by atoms with Gasteiger partial charge in [0.05, 0.1) is 5.25 Å². The van der Waals surface area contributed by atoms with Crippen molar-refractivity contribution in [2.45, 2.75) is 116 Å². The van der Waals surface area contributed by atoms with E-state index in [0.29, 0.717) is 0 Å². The average molecular weight is 449 g/mol. The molecule has 0 aliphatic rings. The van der Waals surface area contributed by atoms with Crippen molar-refractivity contribution in [2.75, 3.05) is 0 Å². The molecule has 2 atom stereocenters. The van der Waals surface area contributed by atoms with Crippen molar-refractivity contribution < 1.29 is 47.3 Å². The third-order valence-electron chi connectivity index (χ3n) is 5.74. The Kier molecular flexibility index (Phi) is 16.5. The fourth-order valence-electron chi connectivity index (χ4n) is 3.59. The van der Waals surface area contributed by atoms with Crippen LogP contribution in [-0.4, -0.2) is 24.3 Å². The molecule has 2 unspecified atom stereocenters. The van der Waals surface area contributed by atoms with Crippen LogP contribution in [0.15, 0.2) is 18.2 Å². The molecule has 0 spiro atoms. The average Bonchev–Trinajstić information content (AvgIpc) is 2.67. The van der Waals surface area contributed by atoms with Crippen molar-refractivity contribution in [2.24, 2.45) is 0 Å². The summed E-state index contributed by atoms with van der Waals surface area (Å²) in [6.07, 6.45) is 13.5. The van der Waals surface area contributed by atoms with Crippen LogP contribution in [0, 0.1) is 0 Å². The summed E-state index contributed by atoms with van der Waals surface area (Å²) in [5, 5.41) is -1.07. The molecule has 1 aromatic rings. The van der Waals surface area contributed by atoms with E-state index in [1.165, 1.54) is 69.4 Å². The molecule has 0 saturated heterocycles. The van der Waals surface area contributed by atoms with E-state index in [2.05, 4.69) is 19.9 Å². The molecule has 30 heavy (non-hydrogen) atoms. The molecule has 0 radical (unpaired) electrons. The second kappa shape index (κ2) is 16.5. The van der Waals surface area contributed by atoms with E-state index in [1.807, 2.05) is 12.1 Å². The van der Waals surface area contributed by atoms with Gasteiger partial charge >= 0.3 is 29.6 Å². The standard InChI is InChI=1S/C24H42O4S.Na/c1-5-7-9-11-13-16-22-17-15-19-24(23(22)18-14-12-10-8-6-2)28-20(3)21(4)29(25,26)27;/h15,17,19-21H,5-14,16,18H2,1-4H3,(H,25,26,27);/q;+1/p-1. The van der Waals surface area contributed by atoms with Crippen LogP contribution in [0.2, 0.25) is 0 Å².